The van der Waals surface area contributed by atoms with Crippen molar-refractivity contribution in [3.05, 3.63) is 0 Å². The number of carbonyl (C=O) groups is 1. The lowest BCUT2D eigenvalue weighted by molar-refractivity contribution is -0.123. The first-order chi connectivity index (χ1) is 8.72. The molecule has 0 aromatic carbocycles. The first-order valence-electron chi connectivity index (χ1n) is 6.89. The fourth-order valence-electron chi connectivity index (χ4n) is 3.13. The number of rotatable bonds is 3. The Labute approximate surface area is 109 Å². The number of primary amides is 1. The fourth-order valence-corrected chi connectivity index (χ4v) is 3.13. The smallest absolute Gasteiger partial charge is 0.234 e. The molecule has 2 aliphatic rings. The quantitative estimate of drug-likeness (QED) is 0.738. The third-order valence-electron chi connectivity index (χ3n) is 4.13. The highest BCUT2D eigenvalue weighted by Crippen LogP contribution is 2.25. The molecule has 1 unspecified atom stereocenters. The van der Waals surface area contributed by atoms with E-state index in [1.807, 2.05) is 6.92 Å². The summed E-state index contributed by atoms with van der Waals surface area (Å²) >= 11 is 0. The van der Waals surface area contributed by atoms with Gasteiger partial charge in [-0.3, -0.25) is 14.6 Å². The van der Waals surface area contributed by atoms with Gasteiger partial charge >= 0.3 is 0 Å². The molecule has 4 nitrogen and oxygen atoms in total. The molecule has 0 aliphatic carbocycles. The molecule has 2 rings (SSSR count). The zero-order valence-corrected chi connectivity index (χ0v) is 11.2. The molecule has 0 bridgehead atoms. The summed E-state index contributed by atoms with van der Waals surface area (Å²) in [6.45, 7) is 5.96. The second-order valence-corrected chi connectivity index (χ2v) is 5.23. The molecule has 2 N–H and O–H groups in total. The highest BCUT2D eigenvalue weighted by Gasteiger charge is 2.35. The van der Waals surface area contributed by atoms with Gasteiger partial charge in [-0.15, -0.1) is 5.92 Å². The summed E-state index contributed by atoms with van der Waals surface area (Å²) in [6, 6.07) is 0.521. The SMILES string of the molecule is CC#CCN1CCC(N2CCCC2C(N)=O)CC1. The van der Waals surface area contributed by atoms with Crippen molar-refractivity contribution in [2.45, 2.75) is 44.7 Å². The average molecular weight is 249 g/mol. The molecule has 18 heavy (non-hydrogen) atoms. The van der Waals surface area contributed by atoms with Crippen LogP contribution in [0.4, 0.5) is 0 Å². The number of nitrogens with two attached hydrogens (primary N) is 1. The van der Waals surface area contributed by atoms with E-state index in [4.69, 9.17) is 5.73 Å². The number of likely N-dealkylation sites (tertiary alicyclic amines) is 2. The van der Waals surface area contributed by atoms with Gasteiger partial charge in [-0.1, -0.05) is 5.92 Å². The molecule has 0 aromatic rings. The van der Waals surface area contributed by atoms with Crippen molar-refractivity contribution in [3.63, 3.8) is 0 Å². The minimum atomic E-state index is -0.147. The fraction of sp³-hybridized carbons (Fsp3) is 0.786. The van der Waals surface area contributed by atoms with Gasteiger partial charge in [-0.25, -0.2) is 0 Å². The van der Waals surface area contributed by atoms with Gasteiger partial charge < -0.3 is 5.73 Å². The molecule has 2 fully saturated rings. The van der Waals surface area contributed by atoms with Crippen LogP contribution >= 0.6 is 0 Å². The molecule has 0 saturated carbocycles. The normalized spacial score (nSPS) is 26.8. The Kier molecular flexibility index (Phi) is 4.62. The van der Waals surface area contributed by atoms with E-state index >= 15 is 0 Å². The first kappa shape index (κ1) is 13.4. The number of nitrogens with zero attached hydrogens (tertiary/aromatic N) is 2. The topological polar surface area (TPSA) is 49.6 Å². The zero-order chi connectivity index (χ0) is 13.0. The van der Waals surface area contributed by atoms with Crippen molar-refractivity contribution >= 4 is 5.91 Å². The van der Waals surface area contributed by atoms with E-state index in [0.29, 0.717) is 6.04 Å². The van der Waals surface area contributed by atoms with Crippen LogP contribution in [0.5, 0.6) is 0 Å². The van der Waals surface area contributed by atoms with Gasteiger partial charge in [0, 0.05) is 19.1 Å². The van der Waals surface area contributed by atoms with E-state index in [0.717, 1.165) is 51.9 Å². The van der Waals surface area contributed by atoms with Crippen LogP contribution in [0.15, 0.2) is 0 Å². The molecule has 0 aromatic heterocycles. The van der Waals surface area contributed by atoms with Crippen molar-refractivity contribution in [2.75, 3.05) is 26.2 Å². The summed E-state index contributed by atoms with van der Waals surface area (Å²) in [5.41, 5.74) is 5.48. The second-order valence-electron chi connectivity index (χ2n) is 5.23. The predicted molar refractivity (Wildman–Crippen MR) is 71.8 cm³/mol. The van der Waals surface area contributed by atoms with Crippen LogP contribution in [0, 0.1) is 11.8 Å². The summed E-state index contributed by atoms with van der Waals surface area (Å²) < 4.78 is 0. The third kappa shape index (κ3) is 3.04. The minimum Gasteiger partial charge on any atom is -0.368 e. The van der Waals surface area contributed by atoms with E-state index in [1.54, 1.807) is 0 Å². The van der Waals surface area contributed by atoms with Gasteiger partial charge in [0.1, 0.15) is 0 Å². The van der Waals surface area contributed by atoms with Gasteiger partial charge in [0.15, 0.2) is 0 Å². The van der Waals surface area contributed by atoms with Crippen LogP contribution < -0.4 is 5.73 Å². The molecule has 2 aliphatic heterocycles. The Morgan fingerprint density at radius 1 is 1.28 bits per heavy atom. The Hall–Kier alpha value is -1.05. The van der Waals surface area contributed by atoms with Crippen LogP contribution in [0.25, 0.3) is 0 Å². The Bertz CT molecular complexity index is 350. The predicted octanol–water partition coefficient (Wildman–Crippen LogP) is 0.424. The van der Waals surface area contributed by atoms with Crippen molar-refractivity contribution in [1.29, 1.82) is 0 Å². The average Bonchev–Trinajstić information content (AvgIpc) is 2.86. The van der Waals surface area contributed by atoms with E-state index in [-0.39, 0.29) is 11.9 Å². The van der Waals surface area contributed by atoms with Gasteiger partial charge in [-0.2, -0.15) is 0 Å². The number of hydrogen-bond acceptors (Lipinski definition) is 3. The van der Waals surface area contributed by atoms with Crippen LogP contribution in [0.1, 0.15) is 32.6 Å². The number of piperidine rings is 1. The monoisotopic (exact) mass is 249 g/mol. The number of amides is 1. The Balaban J connectivity index is 1.85. The van der Waals surface area contributed by atoms with Crippen LogP contribution in [-0.2, 0) is 4.79 Å². The maximum Gasteiger partial charge on any atom is 0.234 e. The number of carbonyl (C=O) groups excluding carboxylic acids is 1. The number of hydrogen-bond donors (Lipinski definition) is 1. The molecule has 2 saturated heterocycles. The summed E-state index contributed by atoms with van der Waals surface area (Å²) in [4.78, 5) is 16.1. The van der Waals surface area contributed by atoms with Crippen LogP contribution in [0.2, 0.25) is 0 Å². The van der Waals surface area contributed by atoms with E-state index in [2.05, 4.69) is 21.6 Å². The highest BCUT2D eigenvalue weighted by molar-refractivity contribution is 5.80. The van der Waals surface area contributed by atoms with Gasteiger partial charge in [-0.05, 0) is 39.2 Å². The lowest BCUT2D eigenvalue weighted by atomic mass is 10.0. The summed E-state index contributed by atoms with van der Waals surface area (Å²) in [6.07, 6.45) is 4.32. The molecule has 0 radical (unpaired) electrons. The molecule has 4 heteroatoms. The van der Waals surface area contributed by atoms with Gasteiger partial charge in [0.25, 0.3) is 0 Å². The van der Waals surface area contributed by atoms with Crippen LogP contribution in [-0.4, -0.2) is 54.0 Å². The molecule has 2 heterocycles. The lowest BCUT2D eigenvalue weighted by Crippen LogP contribution is -2.50. The summed E-state index contributed by atoms with van der Waals surface area (Å²) in [5, 5.41) is 0. The maximum absolute atomic E-state index is 11.4. The molecule has 100 valence electrons. The molecule has 0 spiro atoms. The summed E-state index contributed by atoms with van der Waals surface area (Å²) in [7, 11) is 0. The maximum atomic E-state index is 11.4. The Morgan fingerprint density at radius 3 is 2.61 bits per heavy atom. The van der Waals surface area contributed by atoms with Crippen LogP contribution in [0.3, 0.4) is 0 Å². The second kappa shape index (κ2) is 6.21. The summed E-state index contributed by atoms with van der Waals surface area (Å²) in [5.74, 6) is 5.91. The van der Waals surface area contributed by atoms with Crippen molar-refractivity contribution in [1.82, 2.24) is 9.80 Å². The van der Waals surface area contributed by atoms with Gasteiger partial charge in [0.2, 0.25) is 5.91 Å². The van der Waals surface area contributed by atoms with E-state index in [9.17, 15) is 4.79 Å². The lowest BCUT2D eigenvalue weighted by Gasteiger charge is -2.38. The molecule has 1 atom stereocenters. The molecule has 1 amide bonds. The van der Waals surface area contributed by atoms with Crippen molar-refractivity contribution in [2.24, 2.45) is 5.73 Å². The van der Waals surface area contributed by atoms with E-state index in [1.165, 1.54) is 0 Å². The third-order valence-corrected chi connectivity index (χ3v) is 4.13. The molecular formula is C14H23N3O. The van der Waals surface area contributed by atoms with Gasteiger partial charge in [0.05, 0.1) is 12.6 Å². The first-order valence-corrected chi connectivity index (χ1v) is 6.89. The zero-order valence-electron chi connectivity index (χ0n) is 11.2. The Morgan fingerprint density at radius 2 is 2.00 bits per heavy atom. The van der Waals surface area contributed by atoms with Crippen molar-refractivity contribution in [3.8, 4) is 11.8 Å². The van der Waals surface area contributed by atoms with E-state index < -0.39 is 0 Å². The largest absolute Gasteiger partial charge is 0.368 e. The standard InChI is InChI=1S/C14H23N3O/c1-2-3-8-16-10-6-12(7-11-16)17-9-4-5-13(17)14(15)18/h12-13H,4-11H2,1H3,(H2,15,18). The van der Waals surface area contributed by atoms with Crippen molar-refractivity contribution < 1.29 is 4.79 Å². The highest BCUT2D eigenvalue weighted by atomic mass is 16.1. The molecular weight excluding hydrogens is 226 g/mol. The minimum absolute atomic E-state index is 0.0167.